The third-order valence-corrected chi connectivity index (χ3v) is 6.12. The maximum Gasteiger partial charge on any atom is 0.246 e. The van der Waals surface area contributed by atoms with E-state index >= 15 is 0 Å². The van der Waals surface area contributed by atoms with Crippen LogP contribution in [0.1, 0.15) is 25.8 Å². The first kappa shape index (κ1) is 23.2. The lowest BCUT2D eigenvalue weighted by Gasteiger charge is -2.32. The molecule has 9 heteroatoms. The number of amides is 2. The molecular weight excluding hydrogens is 456 g/mol. The molecule has 3 heterocycles. The Bertz CT molecular complexity index is 1410. The van der Waals surface area contributed by atoms with Crippen LogP contribution in [0.4, 0.5) is 5.82 Å². The van der Waals surface area contributed by atoms with E-state index < -0.39 is 0 Å². The number of fused-ring (bicyclic) bond motifs is 1. The van der Waals surface area contributed by atoms with Crippen molar-refractivity contribution >= 4 is 28.7 Å². The molecule has 2 aromatic heterocycles. The van der Waals surface area contributed by atoms with Crippen LogP contribution in [0.3, 0.4) is 0 Å². The average molecular weight is 483 g/mol. The SMILES string of the molecule is C=CC(=O)N1CCCC(n2nc(-c3ccc(Oc4ccccc4)cc3)c3c(NC(C)=O)ncnc32)C1. The molecule has 5 rings (SSSR count). The van der Waals surface area contributed by atoms with Crippen molar-refractivity contribution < 1.29 is 14.3 Å². The number of likely N-dealkylation sites (tertiary alicyclic amines) is 1. The molecule has 1 unspecified atom stereocenters. The van der Waals surface area contributed by atoms with Gasteiger partial charge in [-0.3, -0.25) is 9.59 Å². The van der Waals surface area contributed by atoms with Gasteiger partial charge in [0, 0.05) is 25.6 Å². The first-order valence-corrected chi connectivity index (χ1v) is 11.8. The minimum atomic E-state index is -0.235. The van der Waals surface area contributed by atoms with E-state index in [0.717, 1.165) is 24.2 Å². The fourth-order valence-electron chi connectivity index (χ4n) is 4.48. The van der Waals surface area contributed by atoms with Crippen LogP contribution >= 0.6 is 0 Å². The molecule has 2 amide bonds. The van der Waals surface area contributed by atoms with Gasteiger partial charge in [-0.25, -0.2) is 14.6 Å². The van der Waals surface area contributed by atoms with Crippen molar-refractivity contribution in [3.63, 3.8) is 0 Å². The Morgan fingerprint density at radius 1 is 1.08 bits per heavy atom. The summed E-state index contributed by atoms with van der Waals surface area (Å²) in [5.41, 5.74) is 2.08. The number of benzene rings is 2. The molecule has 0 bridgehead atoms. The molecule has 0 spiro atoms. The molecule has 9 nitrogen and oxygen atoms in total. The Morgan fingerprint density at radius 2 is 1.83 bits per heavy atom. The van der Waals surface area contributed by atoms with E-state index in [4.69, 9.17) is 9.84 Å². The van der Waals surface area contributed by atoms with E-state index in [1.165, 1.54) is 19.3 Å². The van der Waals surface area contributed by atoms with Crippen molar-refractivity contribution in [2.24, 2.45) is 0 Å². The number of ether oxygens (including phenoxy) is 1. The van der Waals surface area contributed by atoms with Gasteiger partial charge in [-0.1, -0.05) is 24.8 Å². The number of carbonyl (C=O) groups is 2. The van der Waals surface area contributed by atoms with Gasteiger partial charge in [0.1, 0.15) is 29.3 Å². The number of hydrogen-bond donors (Lipinski definition) is 1. The second-order valence-corrected chi connectivity index (χ2v) is 8.62. The molecule has 0 saturated carbocycles. The number of rotatable bonds is 6. The molecular formula is C27H26N6O3. The van der Waals surface area contributed by atoms with Crippen LogP contribution in [0.2, 0.25) is 0 Å². The van der Waals surface area contributed by atoms with E-state index in [1.807, 2.05) is 59.3 Å². The molecule has 1 atom stereocenters. The smallest absolute Gasteiger partial charge is 0.246 e. The van der Waals surface area contributed by atoms with Crippen molar-refractivity contribution in [2.45, 2.75) is 25.8 Å². The highest BCUT2D eigenvalue weighted by Crippen LogP contribution is 2.35. The van der Waals surface area contributed by atoms with Gasteiger partial charge >= 0.3 is 0 Å². The topological polar surface area (TPSA) is 102 Å². The van der Waals surface area contributed by atoms with Crippen molar-refractivity contribution in [1.29, 1.82) is 0 Å². The van der Waals surface area contributed by atoms with Gasteiger partial charge in [0.2, 0.25) is 11.8 Å². The minimum Gasteiger partial charge on any atom is -0.457 e. The molecule has 4 aromatic rings. The highest BCUT2D eigenvalue weighted by Gasteiger charge is 2.28. The van der Waals surface area contributed by atoms with Crippen LogP contribution in [0, 0.1) is 0 Å². The molecule has 1 aliphatic rings. The molecule has 2 aromatic carbocycles. The summed E-state index contributed by atoms with van der Waals surface area (Å²) in [6.07, 6.45) is 4.45. The summed E-state index contributed by atoms with van der Waals surface area (Å²) in [6.45, 7) is 6.24. The second kappa shape index (κ2) is 9.99. The molecule has 1 saturated heterocycles. The third kappa shape index (κ3) is 4.68. The summed E-state index contributed by atoms with van der Waals surface area (Å²) >= 11 is 0. The van der Waals surface area contributed by atoms with Gasteiger partial charge in [-0.15, -0.1) is 0 Å². The fraction of sp³-hybridized carbons (Fsp3) is 0.222. The number of piperidine rings is 1. The highest BCUT2D eigenvalue weighted by molar-refractivity contribution is 6.04. The standard InChI is InChI=1S/C27H26N6O3/c1-3-23(35)32-15-7-8-20(16-32)33-27-24(26(28-17-29-27)30-18(2)34)25(31-33)19-11-13-22(14-12-19)36-21-9-5-4-6-10-21/h3-6,9-14,17,20H,1,7-8,15-16H2,2H3,(H,28,29,30,34). The minimum absolute atomic E-state index is 0.0698. The van der Waals surface area contributed by atoms with E-state index in [1.54, 1.807) is 4.90 Å². The largest absolute Gasteiger partial charge is 0.457 e. The van der Waals surface area contributed by atoms with Crippen molar-refractivity contribution in [1.82, 2.24) is 24.6 Å². The van der Waals surface area contributed by atoms with E-state index in [2.05, 4.69) is 21.9 Å². The lowest BCUT2D eigenvalue weighted by atomic mass is 10.1. The van der Waals surface area contributed by atoms with Crippen LogP contribution in [0.5, 0.6) is 11.5 Å². The Kier molecular flexibility index (Phi) is 6.44. The van der Waals surface area contributed by atoms with Crippen LogP contribution in [-0.2, 0) is 9.59 Å². The number of para-hydroxylation sites is 1. The Morgan fingerprint density at radius 3 is 2.56 bits per heavy atom. The number of anilines is 1. The van der Waals surface area contributed by atoms with Crippen LogP contribution in [-0.4, -0.2) is 49.6 Å². The lowest BCUT2D eigenvalue weighted by molar-refractivity contribution is -0.127. The zero-order chi connectivity index (χ0) is 25.1. The van der Waals surface area contributed by atoms with Crippen molar-refractivity contribution in [3.05, 3.63) is 73.6 Å². The van der Waals surface area contributed by atoms with E-state index in [0.29, 0.717) is 41.4 Å². The summed E-state index contributed by atoms with van der Waals surface area (Å²) in [6, 6.07) is 17.1. The molecule has 1 fully saturated rings. The van der Waals surface area contributed by atoms with Gasteiger partial charge in [-0.2, -0.15) is 5.10 Å². The zero-order valence-electron chi connectivity index (χ0n) is 19.9. The number of hydrogen-bond acceptors (Lipinski definition) is 6. The van der Waals surface area contributed by atoms with E-state index in [9.17, 15) is 9.59 Å². The third-order valence-electron chi connectivity index (χ3n) is 6.12. The molecule has 1 aliphatic heterocycles. The van der Waals surface area contributed by atoms with Crippen molar-refractivity contribution in [3.8, 4) is 22.8 Å². The number of nitrogens with one attached hydrogen (secondary N) is 1. The Balaban J connectivity index is 1.55. The van der Waals surface area contributed by atoms with Crippen LogP contribution in [0.25, 0.3) is 22.3 Å². The lowest BCUT2D eigenvalue weighted by Crippen LogP contribution is -2.40. The summed E-state index contributed by atoms with van der Waals surface area (Å²) in [5.74, 6) is 1.50. The molecule has 36 heavy (non-hydrogen) atoms. The van der Waals surface area contributed by atoms with E-state index in [-0.39, 0.29) is 17.9 Å². The van der Waals surface area contributed by atoms with Gasteiger partial charge in [-0.05, 0) is 55.3 Å². The van der Waals surface area contributed by atoms with Gasteiger partial charge in [0.05, 0.1) is 11.4 Å². The second-order valence-electron chi connectivity index (χ2n) is 8.62. The zero-order valence-corrected chi connectivity index (χ0v) is 19.9. The maximum absolute atomic E-state index is 12.3. The molecule has 0 aliphatic carbocycles. The fourth-order valence-corrected chi connectivity index (χ4v) is 4.48. The first-order valence-electron chi connectivity index (χ1n) is 11.8. The number of carbonyl (C=O) groups excluding carboxylic acids is 2. The predicted octanol–water partition coefficient (Wildman–Crippen LogP) is 4.59. The molecule has 0 radical (unpaired) electrons. The number of nitrogens with zero attached hydrogens (tertiary/aromatic N) is 5. The Hall–Kier alpha value is -4.53. The monoisotopic (exact) mass is 482 g/mol. The van der Waals surface area contributed by atoms with Gasteiger partial charge < -0.3 is 15.0 Å². The summed E-state index contributed by atoms with van der Waals surface area (Å²) in [4.78, 5) is 34.8. The van der Waals surface area contributed by atoms with Crippen LogP contribution < -0.4 is 10.1 Å². The van der Waals surface area contributed by atoms with Crippen LogP contribution in [0.15, 0.2) is 73.6 Å². The Labute approximate surface area is 208 Å². The predicted molar refractivity (Wildman–Crippen MR) is 137 cm³/mol. The average Bonchev–Trinajstić information content (AvgIpc) is 3.30. The van der Waals surface area contributed by atoms with Crippen molar-refractivity contribution in [2.75, 3.05) is 18.4 Å². The maximum atomic E-state index is 12.3. The summed E-state index contributed by atoms with van der Waals surface area (Å²) in [5, 5.41) is 8.40. The first-order chi connectivity index (χ1) is 17.5. The number of aromatic nitrogens is 4. The summed E-state index contributed by atoms with van der Waals surface area (Å²) < 4.78 is 7.78. The van der Waals surface area contributed by atoms with Gasteiger partial charge in [0.25, 0.3) is 0 Å². The molecule has 182 valence electrons. The molecule has 1 N–H and O–H groups in total. The highest BCUT2D eigenvalue weighted by atomic mass is 16.5. The summed E-state index contributed by atoms with van der Waals surface area (Å²) in [7, 11) is 0. The normalized spacial score (nSPS) is 15.5. The quantitative estimate of drug-likeness (QED) is 0.403. The van der Waals surface area contributed by atoms with Gasteiger partial charge in [0.15, 0.2) is 5.65 Å².